The Balaban J connectivity index is 1.46. The molecule has 29 heavy (non-hydrogen) atoms. The second kappa shape index (κ2) is 8.47. The van der Waals surface area contributed by atoms with E-state index in [4.69, 9.17) is 4.74 Å². The van der Waals surface area contributed by atoms with E-state index < -0.39 is 0 Å². The van der Waals surface area contributed by atoms with Crippen LogP contribution in [0, 0.1) is 5.92 Å². The maximum atomic E-state index is 6.48. The van der Waals surface area contributed by atoms with Gasteiger partial charge in [-0.05, 0) is 37.7 Å². The molecule has 0 bridgehead atoms. The summed E-state index contributed by atoms with van der Waals surface area (Å²) in [5.41, 5.74) is 1.19. The lowest BCUT2D eigenvalue weighted by Crippen LogP contribution is -2.46. The van der Waals surface area contributed by atoms with Crippen LogP contribution < -0.4 is 15.4 Å². The van der Waals surface area contributed by atoms with Crippen LogP contribution in [0.1, 0.15) is 63.4 Å². The molecule has 1 aromatic carbocycles. The average molecular weight is 396 g/mol. The van der Waals surface area contributed by atoms with Crippen LogP contribution in [-0.4, -0.2) is 28.2 Å². The van der Waals surface area contributed by atoms with Crippen LogP contribution in [0.4, 0.5) is 0 Å². The first-order valence-corrected chi connectivity index (χ1v) is 10.8. The summed E-state index contributed by atoms with van der Waals surface area (Å²) in [5.74, 6) is 3.43. The number of ether oxygens (including phenoxy) is 1. The van der Waals surface area contributed by atoms with Gasteiger partial charge in [-0.15, -0.1) is 0 Å². The van der Waals surface area contributed by atoms with Gasteiger partial charge in [0.2, 0.25) is 0 Å². The molecular weight excluding hydrogens is 362 g/mol. The number of rotatable bonds is 5. The van der Waals surface area contributed by atoms with Crippen LogP contribution in [0.2, 0.25) is 0 Å². The minimum Gasteiger partial charge on any atom is -0.487 e. The van der Waals surface area contributed by atoms with Crippen LogP contribution in [0.3, 0.4) is 0 Å². The van der Waals surface area contributed by atoms with Gasteiger partial charge in [0.05, 0.1) is 12.6 Å². The lowest BCUT2D eigenvalue weighted by Gasteiger charge is -2.40. The molecule has 2 N–H and O–H groups in total. The fourth-order valence-electron chi connectivity index (χ4n) is 4.66. The normalized spacial score (nSPS) is 20.6. The zero-order valence-corrected chi connectivity index (χ0v) is 17.8. The molecule has 1 aliphatic heterocycles. The smallest absolute Gasteiger partial charge is 0.191 e. The molecule has 6 heteroatoms. The molecule has 156 valence electrons. The third-order valence-corrected chi connectivity index (χ3v) is 6.02. The van der Waals surface area contributed by atoms with Gasteiger partial charge >= 0.3 is 0 Å². The van der Waals surface area contributed by atoms with Crippen LogP contribution in [0.15, 0.2) is 41.7 Å². The van der Waals surface area contributed by atoms with Gasteiger partial charge in [-0.25, -0.2) is 4.98 Å². The first-order valence-electron chi connectivity index (χ1n) is 10.8. The summed E-state index contributed by atoms with van der Waals surface area (Å²) in [7, 11) is 1.83. The molecule has 6 nitrogen and oxygen atoms in total. The second-order valence-corrected chi connectivity index (χ2v) is 8.75. The average Bonchev–Trinajstić information content (AvgIpc) is 3.34. The van der Waals surface area contributed by atoms with Crippen molar-refractivity contribution in [3.8, 4) is 5.75 Å². The second-order valence-electron chi connectivity index (χ2n) is 8.75. The Labute approximate surface area is 173 Å². The maximum Gasteiger partial charge on any atom is 0.191 e. The van der Waals surface area contributed by atoms with E-state index in [-0.39, 0.29) is 11.6 Å². The maximum absolute atomic E-state index is 6.48. The fraction of sp³-hybridized carbons (Fsp3) is 0.565. The van der Waals surface area contributed by atoms with E-state index in [0.29, 0.717) is 12.5 Å². The van der Waals surface area contributed by atoms with E-state index in [0.717, 1.165) is 43.3 Å². The van der Waals surface area contributed by atoms with Crippen molar-refractivity contribution < 1.29 is 4.74 Å². The van der Waals surface area contributed by atoms with Gasteiger partial charge in [-0.2, -0.15) is 0 Å². The molecule has 1 fully saturated rings. The highest BCUT2D eigenvalue weighted by Gasteiger charge is 2.43. The number of imidazole rings is 1. The first-order chi connectivity index (χ1) is 14.1. The van der Waals surface area contributed by atoms with Gasteiger partial charge in [0.15, 0.2) is 5.96 Å². The van der Waals surface area contributed by atoms with Crippen LogP contribution in [0.5, 0.6) is 5.75 Å². The summed E-state index contributed by atoms with van der Waals surface area (Å²) in [5, 5.41) is 7.11. The summed E-state index contributed by atoms with van der Waals surface area (Å²) in [6.07, 6.45) is 9.67. The molecule has 1 unspecified atom stereocenters. The van der Waals surface area contributed by atoms with E-state index in [1.54, 1.807) is 0 Å². The molecule has 1 saturated carbocycles. The Hall–Kier alpha value is -2.50. The van der Waals surface area contributed by atoms with E-state index in [9.17, 15) is 0 Å². The monoisotopic (exact) mass is 395 g/mol. The number of hydrogen-bond donors (Lipinski definition) is 2. The summed E-state index contributed by atoms with van der Waals surface area (Å²) >= 11 is 0. The number of aromatic nitrogens is 2. The molecule has 2 aromatic rings. The van der Waals surface area contributed by atoms with Gasteiger partial charge in [0.1, 0.15) is 17.2 Å². The number of aliphatic imine (C=N–C) groups is 1. The van der Waals surface area contributed by atoms with E-state index in [1.807, 2.05) is 19.4 Å². The number of nitrogens with one attached hydrogen (secondary N) is 2. The molecule has 0 radical (unpaired) electrons. The van der Waals surface area contributed by atoms with Crippen molar-refractivity contribution in [1.82, 2.24) is 20.2 Å². The topological polar surface area (TPSA) is 63.5 Å². The Morgan fingerprint density at radius 2 is 2.10 bits per heavy atom. The number of nitrogens with zero attached hydrogens (tertiary/aromatic N) is 3. The van der Waals surface area contributed by atoms with Gasteiger partial charge in [-0.3, -0.25) is 4.99 Å². The number of benzene rings is 1. The van der Waals surface area contributed by atoms with E-state index in [2.05, 4.69) is 63.3 Å². The molecule has 2 heterocycles. The van der Waals surface area contributed by atoms with Crippen molar-refractivity contribution >= 4 is 5.96 Å². The SMILES string of the molecule is CN=C(NCc1nccn1CC(C)C)NC1CC2(CCCC2)Oc2ccccc21. The number of guanidine groups is 1. The van der Waals surface area contributed by atoms with Crippen molar-refractivity contribution in [2.24, 2.45) is 10.9 Å². The quantitative estimate of drug-likeness (QED) is 0.592. The van der Waals surface area contributed by atoms with Crippen LogP contribution in [-0.2, 0) is 13.1 Å². The lowest BCUT2D eigenvalue weighted by atomic mass is 9.86. The van der Waals surface area contributed by atoms with Crippen LogP contribution in [0.25, 0.3) is 0 Å². The molecule has 4 rings (SSSR count). The largest absolute Gasteiger partial charge is 0.487 e. The molecule has 2 aliphatic rings. The molecular formula is C23H33N5O. The summed E-state index contributed by atoms with van der Waals surface area (Å²) < 4.78 is 8.69. The van der Waals surface area contributed by atoms with E-state index >= 15 is 0 Å². The van der Waals surface area contributed by atoms with Gasteiger partial charge < -0.3 is 19.9 Å². The Kier molecular flexibility index (Phi) is 5.79. The molecule has 1 aromatic heterocycles. The minimum atomic E-state index is -0.0294. The van der Waals surface area contributed by atoms with Crippen molar-refractivity contribution in [2.45, 2.75) is 70.7 Å². The van der Waals surface area contributed by atoms with Crippen molar-refractivity contribution in [2.75, 3.05) is 7.05 Å². The Morgan fingerprint density at radius 1 is 1.31 bits per heavy atom. The fourth-order valence-corrected chi connectivity index (χ4v) is 4.66. The van der Waals surface area contributed by atoms with E-state index in [1.165, 1.54) is 18.4 Å². The summed E-state index contributed by atoms with van der Waals surface area (Å²) in [6, 6.07) is 8.60. The highest BCUT2D eigenvalue weighted by molar-refractivity contribution is 5.80. The molecule has 1 spiro atoms. The standard InChI is InChI=1S/C23H33N5O/c1-17(2)16-28-13-12-25-21(28)15-26-22(24-3)27-19-14-23(10-6-7-11-23)29-20-9-5-4-8-18(19)20/h4-5,8-9,12-13,17,19H,6-7,10-11,14-16H2,1-3H3,(H2,24,26,27). The molecule has 1 atom stereocenters. The number of fused-ring (bicyclic) bond motifs is 1. The highest BCUT2D eigenvalue weighted by atomic mass is 16.5. The lowest BCUT2D eigenvalue weighted by molar-refractivity contribution is 0.0396. The Bertz CT molecular complexity index is 850. The Morgan fingerprint density at radius 3 is 2.86 bits per heavy atom. The third kappa shape index (κ3) is 4.41. The van der Waals surface area contributed by atoms with Crippen molar-refractivity contribution in [3.05, 3.63) is 48.0 Å². The predicted octanol–water partition coefficient (Wildman–Crippen LogP) is 4.04. The highest BCUT2D eigenvalue weighted by Crippen LogP contribution is 2.46. The van der Waals surface area contributed by atoms with Crippen molar-refractivity contribution in [1.29, 1.82) is 0 Å². The molecule has 0 amide bonds. The third-order valence-electron chi connectivity index (χ3n) is 6.02. The number of para-hydroxylation sites is 1. The van der Waals surface area contributed by atoms with Gasteiger partial charge in [0.25, 0.3) is 0 Å². The molecule has 0 saturated heterocycles. The zero-order chi connectivity index (χ0) is 20.3. The van der Waals surface area contributed by atoms with Gasteiger partial charge in [-0.1, -0.05) is 32.0 Å². The minimum absolute atomic E-state index is 0.0294. The van der Waals surface area contributed by atoms with Gasteiger partial charge in [0, 0.05) is 38.0 Å². The number of hydrogen-bond acceptors (Lipinski definition) is 3. The zero-order valence-electron chi connectivity index (χ0n) is 17.8. The molecule has 1 aliphatic carbocycles. The van der Waals surface area contributed by atoms with Crippen LogP contribution >= 0.6 is 0 Å². The summed E-state index contributed by atoms with van der Waals surface area (Å²) in [6.45, 7) is 6.06. The first kappa shape index (κ1) is 19.8. The van der Waals surface area contributed by atoms with Crippen molar-refractivity contribution in [3.63, 3.8) is 0 Å². The summed E-state index contributed by atoms with van der Waals surface area (Å²) in [4.78, 5) is 8.99. The predicted molar refractivity (Wildman–Crippen MR) is 116 cm³/mol.